The molecule has 2 aromatic heterocycles. The standard InChI is InChI=1S/C28H28N8O2S2/c1-30-22-10-3-6-18(12-22)14-24(38)32-28-36-34-26(40-28)21-9-4-8-20(15-21)25-33-35-27(39-25)31-23(37)13-17-5-2-7-19(11-17)16-29/h2-3,5-7,10-12,20-21,30H,4,8-9,13-15H2,1H3,(H,31,35,37)(H,32,36,38)/t20-,21-/m0/s1. The number of nitriles is 1. The fraction of sp³-hybridized carbons (Fsp3) is 0.321. The van der Waals surface area contributed by atoms with E-state index in [4.69, 9.17) is 5.26 Å². The molecule has 1 aliphatic rings. The number of rotatable bonds is 9. The molecule has 3 N–H and O–H groups in total. The number of nitrogens with zero attached hydrogens (tertiary/aromatic N) is 5. The van der Waals surface area contributed by atoms with Crippen molar-refractivity contribution in [3.05, 3.63) is 75.2 Å². The van der Waals surface area contributed by atoms with Crippen LogP contribution in [0.25, 0.3) is 0 Å². The van der Waals surface area contributed by atoms with Gasteiger partial charge >= 0.3 is 0 Å². The molecule has 1 fully saturated rings. The Balaban J connectivity index is 1.15. The summed E-state index contributed by atoms with van der Waals surface area (Å²) in [5.41, 5.74) is 3.18. The maximum atomic E-state index is 12.6. The van der Waals surface area contributed by atoms with Crippen molar-refractivity contribution in [3.8, 4) is 6.07 Å². The monoisotopic (exact) mass is 572 g/mol. The van der Waals surface area contributed by atoms with Crippen LogP contribution in [0.1, 0.15) is 64.2 Å². The summed E-state index contributed by atoms with van der Waals surface area (Å²) in [4.78, 5) is 25.1. The molecule has 0 spiro atoms. The fourth-order valence-corrected chi connectivity index (χ4v) is 6.64. The number of benzene rings is 2. The Hall–Kier alpha value is -4.21. The SMILES string of the molecule is CNc1cccc(CC(=O)Nc2nnc([C@H]3CCC[C@H](c4nnc(NC(=O)Cc5cccc(C#N)c5)s4)C3)s2)c1. The molecule has 2 amide bonds. The normalized spacial score (nSPS) is 16.6. The van der Waals surface area contributed by atoms with Crippen molar-refractivity contribution in [2.45, 2.75) is 50.4 Å². The molecular formula is C28H28N8O2S2. The quantitative estimate of drug-likeness (QED) is 0.251. The number of nitrogens with one attached hydrogen (secondary N) is 3. The van der Waals surface area contributed by atoms with E-state index in [0.29, 0.717) is 15.8 Å². The summed E-state index contributed by atoms with van der Waals surface area (Å²) < 4.78 is 0. The van der Waals surface area contributed by atoms with Gasteiger partial charge in [0.1, 0.15) is 10.0 Å². The average molecular weight is 573 g/mol. The van der Waals surface area contributed by atoms with Crippen molar-refractivity contribution in [2.24, 2.45) is 0 Å². The largest absolute Gasteiger partial charge is 0.388 e. The molecule has 40 heavy (non-hydrogen) atoms. The number of carbonyl (C=O) groups excluding carboxylic acids is 2. The molecule has 4 aromatic rings. The van der Waals surface area contributed by atoms with E-state index in [1.807, 2.05) is 37.4 Å². The van der Waals surface area contributed by atoms with Gasteiger partial charge in [0.15, 0.2) is 0 Å². The Morgan fingerprint density at radius 1 is 0.875 bits per heavy atom. The van der Waals surface area contributed by atoms with E-state index in [0.717, 1.165) is 52.5 Å². The zero-order valence-corrected chi connectivity index (χ0v) is 23.5. The fourth-order valence-electron chi connectivity index (χ4n) is 4.82. The van der Waals surface area contributed by atoms with Crippen LogP contribution in [-0.4, -0.2) is 39.3 Å². The van der Waals surface area contributed by atoms with Gasteiger partial charge in [0.2, 0.25) is 22.1 Å². The van der Waals surface area contributed by atoms with Crippen molar-refractivity contribution < 1.29 is 9.59 Å². The second-order valence-electron chi connectivity index (χ2n) is 9.66. The van der Waals surface area contributed by atoms with E-state index in [-0.39, 0.29) is 36.5 Å². The molecule has 0 bridgehead atoms. The Kier molecular flexibility index (Phi) is 8.73. The smallest absolute Gasteiger partial charge is 0.230 e. The van der Waals surface area contributed by atoms with Gasteiger partial charge in [-0.1, -0.05) is 53.4 Å². The minimum atomic E-state index is -0.197. The summed E-state index contributed by atoms with van der Waals surface area (Å²) in [5.74, 6) is 0.121. The molecule has 2 heterocycles. The molecular weight excluding hydrogens is 544 g/mol. The van der Waals surface area contributed by atoms with E-state index in [1.165, 1.54) is 22.7 Å². The molecule has 204 valence electrons. The Morgan fingerprint density at radius 2 is 1.45 bits per heavy atom. The third-order valence-corrected chi connectivity index (χ3v) is 8.75. The highest BCUT2D eigenvalue weighted by atomic mass is 32.1. The van der Waals surface area contributed by atoms with Crippen molar-refractivity contribution in [1.29, 1.82) is 5.26 Å². The predicted octanol–water partition coefficient (Wildman–Crippen LogP) is 5.11. The first kappa shape index (κ1) is 27.4. The van der Waals surface area contributed by atoms with Crippen LogP contribution in [0, 0.1) is 11.3 Å². The number of carbonyl (C=O) groups is 2. The molecule has 2 atom stereocenters. The molecule has 5 rings (SSSR count). The Morgan fingerprint density at radius 3 is 2.02 bits per heavy atom. The van der Waals surface area contributed by atoms with Gasteiger partial charge in [-0.05, 0) is 54.7 Å². The maximum absolute atomic E-state index is 12.6. The van der Waals surface area contributed by atoms with Crippen LogP contribution in [0.2, 0.25) is 0 Å². The summed E-state index contributed by atoms with van der Waals surface area (Å²) in [6.07, 6.45) is 4.30. The van der Waals surface area contributed by atoms with E-state index in [9.17, 15) is 9.59 Å². The van der Waals surface area contributed by atoms with Gasteiger partial charge in [0, 0.05) is 24.6 Å². The molecule has 2 aromatic carbocycles. The number of amides is 2. The minimum Gasteiger partial charge on any atom is -0.388 e. The molecule has 0 radical (unpaired) electrons. The second-order valence-corrected chi connectivity index (χ2v) is 11.7. The summed E-state index contributed by atoms with van der Waals surface area (Å²) in [5, 5.41) is 37.8. The van der Waals surface area contributed by atoms with Gasteiger partial charge in [-0.25, -0.2) is 0 Å². The second kappa shape index (κ2) is 12.8. The minimum absolute atomic E-state index is 0.126. The number of anilines is 3. The maximum Gasteiger partial charge on any atom is 0.230 e. The summed E-state index contributed by atoms with van der Waals surface area (Å²) in [6, 6.07) is 16.8. The molecule has 1 saturated carbocycles. The molecule has 10 nitrogen and oxygen atoms in total. The first-order valence-corrected chi connectivity index (χ1v) is 14.6. The highest BCUT2D eigenvalue weighted by molar-refractivity contribution is 7.15. The van der Waals surface area contributed by atoms with E-state index < -0.39 is 0 Å². The van der Waals surface area contributed by atoms with Crippen LogP contribution in [0.3, 0.4) is 0 Å². The Labute approximate surface area is 239 Å². The summed E-state index contributed by atoms with van der Waals surface area (Å²) in [6.45, 7) is 0. The van der Waals surface area contributed by atoms with Gasteiger partial charge in [-0.15, -0.1) is 20.4 Å². The lowest BCUT2D eigenvalue weighted by atomic mass is 9.82. The van der Waals surface area contributed by atoms with Crippen LogP contribution >= 0.6 is 22.7 Å². The third kappa shape index (κ3) is 7.05. The zero-order valence-electron chi connectivity index (χ0n) is 21.9. The number of hydrogen-bond donors (Lipinski definition) is 3. The van der Waals surface area contributed by atoms with Crippen molar-refractivity contribution in [2.75, 3.05) is 23.0 Å². The third-order valence-electron chi connectivity index (χ3n) is 6.75. The van der Waals surface area contributed by atoms with Crippen molar-refractivity contribution in [1.82, 2.24) is 20.4 Å². The van der Waals surface area contributed by atoms with Crippen LogP contribution in [0.5, 0.6) is 0 Å². The van der Waals surface area contributed by atoms with Crippen LogP contribution < -0.4 is 16.0 Å². The van der Waals surface area contributed by atoms with Crippen molar-refractivity contribution in [3.63, 3.8) is 0 Å². The first-order chi connectivity index (χ1) is 19.5. The van der Waals surface area contributed by atoms with Gasteiger partial charge in [0.25, 0.3) is 0 Å². The number of hydrogen-bond acceptors (Lipinski definition) is 10. The summed E-state index contributed by atoms with van der Waals surface area (Å²) in [7, 11) is 1.85. The van der Waals surface area contributed by atoms with Crippen LogP contribution in [0.4, 0.5) is 16.0 Å². The lowest BCUT2D eigenvalue weighted by Gasteiger charge is -2.25. The lowest BCUT2D eigenvalue weighted by Crippen LogP contribution is -2.14. The van der Waals surface area contributed by atoms with E-state index in [2.05, 4.69) is 42.4 Å². The van der Waals surface area contributed by atoms with Gasteiger partial charge in [-0.3, -0.25) is 9.59 Å². The van der Waals surface area contributed by atoms with Gasteiger partial charge in [-0.2, -0.15) is 5.26 Å². The van der Waals surface area contributed by atoms with Crippen LogP contribution in [-0.2, 0) is 22.4 Å². The highest BCUT2D eigenvalue weighted by Crippen LogP contribution is 2.43. The van der Waals surface area contributed by atoms with Crippen molar-refractivity contribution >= 4 is 50.4 Å². The van der Waals surface area contributed by atoms with Crippen LogP contribution in [0.15, 0.2) is 48.5 Å². The lowest BCUT2D eigenvalue weighted by molar-refractivity contribution is -0.116. The topological polar surface area (TPSA) is 146 Å². The first-order valence-electron chi connectivity index (χ1n) is 13.0. The molecule has 0 unspecified atom stereocenters. The molecule has 12 heteroatoms. The van der Waals surface area contributed by atoms with Gasteiger partial charge < -0.3 is 16.0 Å². The Bertz CT molecular complexity index is 1540. The highest BCUT2D eigenvalue weighted by Gasteiger charge is 2.29. The zero-order chi connectivity index (χ0) is 27.9. The molecule has 0 saturated heterocycles. The van der Waals surface area contributed by atoms with Gasteiger partial charge in [0.05, 0.1) is 24.5 Å². The average Bonchev–Trinajstić information content (AvgIpc) is 3.63. The number of aromatic nitrogens is 4. The predicted molar refractivity (Wildman–Crippen MR) is 156 cm³/mol. The summed E-state index contributed by atoms with van der Waals surface area (Å²) >= 11 is 2.82. The molecule has 1 aliphatic carbocycles. The molecule has 0 aliphatic heterocycles. The van der Waals surface area contributed by atoms with E-state index in [1.54, 1.807) is 18.2 Å². The van der Waals surface area contributed by atoms with E-state index >= 15 is 0 Å².